The summed E-state index contributed by atoms with van der Waals surface area (Å²) in [5.74, 6) is 1.00. The number of rotatable bonds is 6. The van der Waals surface area contributed by atoms with Crippen LogP contribution in [0.2, 0.25) is 0 Å². The molecular weight excluding hydrogens is 236 g/mol. The molecule has 0 saturated heterocycles. The first-order valence-electron chi connectivity index (χ1n) is 6.50. The molecule has 0 amide bonds. The molecule has 4 nitrogen and oxygen atoms in total. The number of aromatic nitrogens is 2. The van der Waals surface area contributed by atoms with Crippen LogP contribution in [0.4, 0.5) is 5.82 Å². The van der Waals surface area contributed by atoms with Crippen molar-refractivity contribution in [1.82, 2.24) is 15.3 Å². The van der Waals surface area contributed by atoms with E-state index < -0.39 is 0 Å². The molecule has 0 spiro atoms. The van der Waals surface area contributed by atoms with E-state index in [4.69, 9.17) is 0 Å². The van der Waals surface area contributed by atoms with E-state index in [1.165, 1.54) is 5.56 Å². The number of hydrogen-bond donors (Lipinski definition) is 1. The highest BCUT2D eigenvalue weighted by Gasteiger charge is 2.04. The Balaban J connectivity index is 1.95. The van der Waals surface area contributed by atoms with Crippen LogP contribution in [0.15, 0.2) is 42.7 Å². The quantitative estimate of drug-likeness (QED) is 0.856. The van der Waals surface area contributed by atoms with Gasteiger partial charge in [0.2, 0.25) is 0 Å². The molecule has 2 rings (SSSR count). The van der Waals surface area contributed by atoms with Crippen LogP contribution in [0.5, 0.6) is 0 Å². The lowest BCUT2D eigenvalue weighted by Gasteiger charge is -2.18. The minimum atomic E-state index is 0.865. The van der Waals surface area contributed by atoms with Gasteiger partial charge < -0.3 is 10.2 Å². The van der Waals surface area contributed by atoms with Crippen LogP contribution in [0, 0.1) is 0 Å². The van der Waals surface area contributed by atoms with Gasteiger partial charge in [-0.05, 0) is 36.9 Å². The van der Waals surface area contributed by atoms with E-state index in [0.29, 0.717) is 0 Å². The molecule has 1 N–H and O–H groups in total. The first-order chi connectivity index (χ1) is 9.29. The SMILES string of the molecule is CNCc1ccnc(N(C)CCc2ccccn2)c1. The fraction of sp³-hybridized carbons (Fsp3) is 0.333. The lowest BCUT2D eigenvalue weighted by molar-refractivity contribution is 0.806. The van der Waals surface area contributed by atoms with E-state index in [9.17, 15) is 0 Å². The van der Waals surface area contributed by atoms with Crippen LogP contribution in [0.25, 0.3) is 0 Å². The molecule has 2 aromatic heterocycles. The monoisotopic (exact) mass is 256 g/mol. The van der Waals surface area contributed by atoms with Gasteiger partial charge in [0.15, 0.2) is 0 Å². The zero-order chi connectivity index (χ0) is 13.5. The summed E-state index contributed by atoms with van der Waals surface area (Å²) in [6.45, 7) is 1.77. The Morgan fingerprint density at radius 1 is 1.16 bits per heavy atom. The van der Waals surface area contributed by atoms with E-state index in [0.717, 1.165) is 31.0 Å². The molecular formula is C15H20N4. The molecule has 4 heteroatoms. The van der Waals surface area contributed by atoms with Gasteiger partial charge in [0.05, 0.1) is 0 Å². The van der Waals surface area contributed by atoms with Gasteiger partial charge >= 0.3 is 0 Å². The minimum Gasteiger partial charge on any atom is -0.359 e. The molecule has 2 heterocycles. The van der Waals surface area contributed by atoms with Crippen molar-refractivity contribution in [2.45, 2.75) is 13.0 Å². The Kier molecular flexibility index (Phi) is 4.86. The first-order valence-corrected chi connectivity index (χ1v) is 6.50. The van der Waals surface area contributed by atoms with Crippen molar-refractivity contribution in [1.29, 1.82) is 0 Å². The van der Waals surface area contributed by atoms with Gasteiger partial charge in [-0.15, -0.1) is 0 Å². The topological polar surface area (TPSA) is 41.1 Å². The van der Waals surface area contributed by atoms with Gasteiger partial charge in [0, 0.05) is 44.6 Å². The molecule has 0 aliphatic rings. The predicted molar refractivity (Wildman–Crippen MR) is 78.2 cm³/mol. The zero-order valence-corrected chi connectivity index (χ0v) is 11.5. The summed E-state index contributed by atoms with van der Waals surface area (Å²) in [5, 5.41) is 3.15. The van der Waals surface area contributed by atoms with E-state index in [1.54, 1.807) is 0 Å². The molecule has 0 aromatic carbocycles. The summed E-state index contributed by atoms with van der Waals surface area (Å²) in [4.78, 5) is 10.9. The molecule has 0 unspecified atom stereocenters. The van der Waals surface area contributed by atoms with Crippen molar-refractivity contribution in [3.63, 3.8) is 0 Å². The van der Waals surface area contributed by atoms with Gasteiger partial charge in [-0.25, -0.2) is 4.98 Å². The second kappa shape index (κ2) is 6.85. The Labute approximate surface area is 114 Å². The molecule has 0 atom stereocenters. The zero-order valence-electron chi connectivity index (χ0n) is 11.5. The molecule has 19 heavy (non-hydrogen) atoms. The number of nitrogens with zero attached hydrogens (tertiary/aromatic N) is 3. The predicted octanol–water partition coefficient (Wildman–Crippen LogP) is 1.87. The molecule has 0 radical (unpaired) electrons. The third-order valence-corrected chi connectivity index (χ3v) is 3.01. The van der Waals surface area contributed by atoms with Crippen LogP contribution in [0.1, 0.15) is 11.3 Å². The molecule has 0 aliphatic heterocycles. The average molecular weight is 256 g/mol. The number of hydrogen-bond acceptors (Lipinski definition) is 4. The fourth-order valence-electron chi connectivity index (χ4n) is 1.93. The summed E-state index contributed by atoms with van der Waals surface area (Å²) in [6, 6.07) is 10.2. The lowest BCUT2D eigenvalue weighted by Crippen LogP contribution is -2.22. The van der Waals surface area contributed by atoms with E-state index >= 15 is 0 Å². The van der Waals surface area contributed by atoms with Crippen molar-refractivity contribution in [3.8, 4) is 0 Å². The molecule has 0 bridgehead atoms. The van der Waals surface area contributed by atoms with Crippen molar-refractivity contribution < 1.29 is 0 Å². The highest BCUT2D eigenvalue weighted by atomic mass is 15.2. The summed E-state index contributed by atoms with van der Waals surface area (Å²) in [7, 11) is 4.01. The van der Waals surface area contributed by atoms with Crippen molar-refractivity contribution in [2.24, 2.45) is 0 Å². The minimum absolute atomic E-state index is 0.865. The number of nitrogens with one attached hydrogen (secondary N) is 1. The van der Waals surface area contributed by atoms with Gasteiger partial charge in [0.1, 0.15) is 5.82 Å². The van der Waals surface area contributed by atoms with Crippen LogP contribution in [-0.4, -0.2) is 30.6 Å². The maximum absolute atomic E-state index is 4.41. The van der Waals surface area contributed by atoms with Crippen LogP contribution < -0.4 is 10.2 Å². The maximum atomic E-state index is 4.41. The van der Waals surface area contributed by atoms with Gasteiger partial charge in [-0.1, -0.05) is 6.07 Å². The van der Waals surface area contributed by atoms with Crippen molar-refractivity contribution in [3.05, 3.63) is 54.0 Å². The van der Waals surface area contributed by atoms with Crippen molar-refractivity contribution >= 4 is 5.82 Å². The first kappa shape index (κ1) is 13.5. The average Bonchev–Trinajstić information content (AvgIpc) is 2.46. The smallest absolute Gasteiger partial charge is 0.128 e. The third kappa shape index (κ3) is 4.03. The number of likely N-dealkylation sites (N-methyl/N-ethyl adjacent to an activating group) is 1. The van der Waals surface area contributed by atoms with Crippen molar-refractivity contribution in [2.75, 3.05) is 25.5 Å². The number of pyridine rings is 2. The maximum Gasteiger partial charge on any atom is 0.128 e. The number of anilines is 1. The Morgan fingerprint density at radius 2 is 2.05 bits per heavy atom. The lowest BCUT2D eigenvalue weighted by atomic mass is 10.2. The Morgan fingerprint density at radius 3 is 2.79 bits per heavy atom. The molecule has 0 aliphatic carbocycles. The van der Waals surface area contributed by atoms with Crippen LogP contribution in [-0.2, 0) is 13.0 Å². The largest absolute Gasteiger partial charge is 0.359 e. The second-order valence-electron chi connectivity index (χ2n) is 4.55. The van der Waals surface area contributed by atoms with Gasteiger partial charge in [0.25, 0.3) is 0 Å². The fourth-order valence-corrected chi connectivity index (χ4v) is 1.93. The van der Waals surface area contributed by atoms with Gasteiger partial charge in [-0.2, -0.15) is 0 Å². The second-order valence-corrected chi connectivity index (χ2v) is 4.55. The van der Waals surface area contributed by atoms with Crippen LogP contribution >= 0.6 is 0 Å². The highest BCUT2D eigenvalue weighted by molar-refractivity contribution is 5.40. The standard InChI is InChI=1S/C15H20N4/c1-16-12-13-6-9-18-15(11-13)19(2)10-7-14-5-3-4-8-17-14/h3-6,8-9,11,16H,7,10,12H2,1-2H3. The molecule has 0 fully saturated rings. The normalized spacial score (nSPS) is 10.4. The Bertz CT molecular complexity index is 499. The molecule has 0 saturated carbocycles. The van der Waals surface area contributed by atoms with Gasteiger partial charge in [-0.3, -0.25) is 4.98 Å². The van der Waals surface area contributed by atoms with E-state index in [-0.39, 0.29) is 0 Å². The Hall–Kier alpha value is -1.94. The van der Waals surface area contributed by atoms with E-state index in [2.05, 4.69) is 39.4 Å². The summed E-state index contributed by atoms with van der Waals surface area (Å²) in [6.07, 6.45) is 4.62. The third-order valence-electron chi connectivity index (χ3n) is 3.01. The summed E-state index contributed by atoms with van der Waals surface area (Å²) >= 11 is 0. The highest BCUT2D eigenvalue weighted by Crippen LogP contribution is 2.11. The summed E-state index contributed by atoms with van der Waals surface area (Å²) < 4.78 is 0. The molecule has 100 valence electrons. The van der Waals surface area contributed by atoms with E-state index in [1.807, 2.05) is 37.6 Å². The molecule has 2 aromatic rings. The van der Waals surface area contributed by atoms with Crippen LogP contribution in [0.3, 0.4) is 0 Å². The summed E-state index contributed by atoms with van der Waals surface area (Å²) in [5.41, 5.74) is 2.36.